The number of carbonyl (C=O) groups excluding carboxylic acids is 2. The second-order valence-electron chi connectivity index (χ2n) is 6.94. The van der Waals surface area contributed by atoms with E-state index in [0.717, 1.165) is 5.56 Å². The number of imidazole rings is 1. The minimum absolute atomic E-state index is 0.0989. The monoisotopic (exact) mass is 452 g/mol. The van der Waals surface area contributed by atoms with Crippen molar-refractivity contribution >= 4 is 40.6 Å². The summed E-state index contributed by atoms with van der Waals surface area (Å²) in [5, 5.41) is 3.11. The van der Waals surface area contributed by atoms with Gasteiger partial charge in [-0.25, -0.2) is 14.2 Å². The Morgan fingerprint density at radius 3 is 2.47 bits per heavy atom. The number of nitrogens with one attached hydrogen (secondary N) is 1. The number of fused-ring (bicyclic) bond motifs is 1. The molecule has 0 saturated carbocycles. The van der Waals surface area contributed by atoms with Crippen molar-refractivity contribution < 1.29 is 18.7 Å². The summed E-state index contributed by atoms with van der Waals surface area (Å²) >= 11 is 5.91. The third-order valence-electron chi connectivity index (χ3n) is 4.96. The molecule has 0 radical (unpaired) electrons. The number of methoxy groups -OCH3 is 1. The van der Waals surface area contributed by atoms with Crippen LogP contribution in [0.4, 0.5) is 20.6 Å². The summed E-state index contributed by atoms with van der Waals surface area (Å²) in [5.41, 5.74) is 2.83. The Labute approximate surface area is 188 Å². The number of benzene rings is 2. The SMILES string of the molecule is COC(=O)Nc1ccc(-c2cnc3cc(F)c(C(=O)N(C)c4ccc(Cl)cc4)cn23)cc1. The van der Waals surface area contributed by atoms with E-state index in [1.54, 1.807) is 66.2 Å². The summed E-state index contributed by atoms with van der Waals surface area (Å²) in [6.45, 7) is 0. The van der Waals surface area contributed by atoms with Gasteiger partial charge in [-0.15, -0.1) is 0 Å². The van der Waals surface area contributed by atoms with E-state index in [-0.39, 0.29) is 5.56 Å². The summed E-state index contributed by atoms with van der Waals surface area (Å²) < 4.78 is 21.0. The zero-order chi connectivity index (χ0) is 22.8. The largest absolute Gasteiger partial charge is 0.453 e. The Morgan fingerprint density at radius 2 is 1.81 bits per heavy atom. The maximum atomic E-state index is 14.8. The number of hydrogen-bond donors (Lipinski definition) is 1. The molecule has 0 fully saturated rings. The van der Waals surface area contributed by atoms with Crippen molar-refractivity contribution in [2.45, 2.75) is 0 Å². The predicted molar refractivity (Wildman–Crippen MR) is 121 cm³/mol. The fourth-order valence-electron chi connectivity index (χ4n) is 3.23. The van der Waals surface area contributed by atoms with Gasteiger partial charge in [0, 0.05) is 41.3 Å². The summed E-state index contributed by atoms with van der Waals surface area (Å²) in [5.74, 6) is -1.18. The summed E-state index contributed by atoms with van der Waals surface area (Å²) in [6, 6.07) is 14.9. The smallest absolute Gasteiger partial charge is 0.411 e. The van der Waals surface area contributed by atoms with Crippen molar-refractivity contribution in [1.82, 2.24) is 9.38 Å². The van der Waals surface area contributed by atoms with Crippen molar-refractivity contribution in [1.29, 1.82) is 0 Å². The van der Waals surface area contributed by atoms with Crippen LogP contribution >= 0.6 is 11.6 Å². The number of nitrogens with zero attached hydrogens (tertiary/aromatic N) is 3. The lowest BCUT2D eigenvalue weighted by atomic mass is 10.1. The molecule has 2 aromatic heterocycles. The molecule has 0 spiro atoms. The van der Waals surface area contributed by atoms with E-state index >= 15 is 0 Å². The Balaban J connectivity index is 1.68. The summed E-state index contributed by atoms with van der Waals surface area (Å²) in [7, 11) is 2.85. The molecular formula is C23H18ClFN4O3. The van der Waals surface area contributed by atoms with Crippen molar-refractivity contribution in [3.8, 4) is 11.3 Å². The van der Waals surface area contributed by atoms with E-state index < -0.39 is 17.8 Å². The number of ether oxygens (including phenoxy) is 1. The molecule has 0 atom stereocenters. The van der Waals surface area contributed by atoms with Gasteiger partial charge >= 0.3 is 6.09 Å². The fourth-order valence-corrected chi connectivity index (χ4v) is 3.35. The number of rotatable bonds is 4. The number of pyridine rings is 1. The van der Waals surface area contributed by atoms with E-state index in [2.05, 4.69) is 15.0 Å². The molecule has 0 aliphatic rings. The lowest BCUT2D eigenvalue weighted by Gasteiger charge is -2.18. The average Bonchev–Trinajstić information content (AvgIpc) is 3.21. The lowest BCUT2D eigenvalue weighted by Crippen LogP contribution is -2.27. The third kappa shape index (κ3) is 4.13. The molecule has 2 amide bonds. The molecule has 0 aliphatic carbocycles. The number of anilines is 2. The van der Waals surface area contributed by atoms with Crippen LogP contribution < -0.4 is 10.2 Å². The molecule has 2 aromatic carbocycles. The molecule has 9 heteroatoms. The standard InChI is InChI=1S/C23H18ClFN4O3/c1-28(17-9-5-15(24)6-10-17)22(30)18-13-29-20(12-26-21(29)11-19(18)25)14-3-7-16(8-4-14)27-23(31)32-2/h3-13H,1-2H3,(H,27,31). The van der Waals surface area contributed by atoms with Crippen LogP contribution in [0.3, 0.4) is 0 Å². The fraction of sp³-hybridized carbons (Fsp3) is 0.0870. The van der Waals surface area contributed by atoms with Crippen LogP contribution in [0.2, 0.25) is 5.02 Å². The molecule has 1 N–H and O–H groups in total. The quantitative estimate of drug-likeness (QED) is 0.459. The predicted octanol–water partition coefficient (Wildman–Crippen LogP) is 5.25. The maximum absolute atomic E-state index is 14.8. The van der Waals surface area contributed by atoms with Crippen LogP contribution in [0, 0.1) is 5.82 Å². The van der Waals surface area contributed by atoms with E-state index in [1.165, 1.54) is 24.3 Å². The van der Waals surface area contributed by atoms with Crippen LogP contribution in [-0.4, -0.2) is 35.5 Å². The van der Waals surface area contributed by atoms with Gasteiger partial charge in [0.05, 0.1) is 24.6 Å². The average molecular weight is 453 g/mol. The van der Waals surface area contributed by atoms with Gasteiger partial charge < -0.3 is 9.64 Å². The Hall–Kier alpha value is -3.91. The normalized spacial score (nSPS) is 10.8. The van der Waals surface area contributed by atoms with Crippen molar-refractivity contribution in [2.75, 3.05) is 24.4 Å². The molecule has 4 aromatic rings. The topological polar surface area (TPSA) is 75.9 Å². The number of carbonyl (C=O) groups is 2. The molecule has 0 saturated heterocycles. The van der Waals surface area contributed by atoms with Crippen LogP contribution in [0.5, 0.6) is 0 Å². The highest BCUT2D eigenvalue weighted by molar-refractivity contribution is 6.30. The van der Waals surface area contributed by atoms with Crippen molar-refractivity contribution in [3.05, 3.63) is 83.4 Å². The van der Waals surface area contributed by atoms with Crippen LogP contribution in [0.15, 0.2) is 67.0 Å². The zero-order valence-corrected chi connectivity index (χ0v) is 17.9. The van der Waals surface area contributed by atoms with Crippen LogP contribution in [0.25, 0.3) is 16.9 Å². The van der Waals surface area contributed by atoms with E-state index in [9.17, 15) is 14.0 Å². The molecule has 0 bridgehead atoms. The lowest BCUT2D eigenvalue weighted by molar-refractivity contribution is 0.0988. The minimum Gasteiger partial charge on any atom is -0.453 e. The first-order valence-electron chi connectivity index (χ1n) is 9.53. The number of aromatic nitrogens is 2. The molecule has 4 rings (SSSR count). The number of amides is 2. The van der Waals surface area contributed by atoms with Gasteiger partial charge in [0.1, 0.15) is 11.5 Å². The Morgan fingerprint density at radius 1 is 1.12 bits per heavy atom. The van der Waals surface area contributed by atoms with E-state index in [0.29, 0.717) is 27.7 Å². The maximum Gasteiger partial charge on any atom is 0.411 e. The van der Waals surface area contributed by atoms with Gasteiger partial charge in [0.2, 0.25) is 0 Å². The number of halogens is 2. The Kier molecular flexibility index (Phi) is 5.79. The summed E-state index contributed by atoms with van der Waals surface area (Å²) in [4.78, 5) is 30.0. The molecule has 7 nitrogen and oxygen atoms in total. The van der Waals surface area contributed by atoms with Crippen LogP contribution in [-0.2, 0) is 4.74 Å². The molecule has 0 unspecified atom stereocenters. The second kappa shape index (κ2) is 8.68. The molecule has 32 heavy (non-hydrogen) atoms. The van der Waals surface area contributed by atoms with Crippen molar-refractivity contribution in [2.24, 2.45) is 0 Å². The van der Waals surface area contributed by atoms with Gasteiger partial charge in [-0.05, 0) is 36.4 Å². The van der Waals surface area contributed by atoms with Gasteiger partial charge in [0.15, 0.2) is 0 Å². The number of hydrogen-bond acceptors (Lipinski definition) is 4. The Bertz CT molecular complexity index is 1300. The second-order valence-corrected chi connectivity index (χ2v) is 7.38. The van der Waals surface area contributed by atoms with Gasteiger partial charge in [-0.2, -0.15) is 0 Å². The van der Waals surface area contributed by atoms with Gasteiger partial charge in [-0.3, -0.25) is 14.5 Å². The van der Waals surface area contributed by atoms with Crippen LogP contribution in [0.1, 0.15) is 10.4 Å². The first-order chi connectivity index (χ1) is 15.4. The molecule has 2 heterocycles. The van der Waals surface area contributed by atoms with Gasteiger partial charge in [0.25, 0.3) is 5.91 Å². The molecule has 162 valence electrons. The first-order valence-corrected chi connectivity index (χ1v) is 9.91. The van der Waals surface area contributed by atoms with Crippen molar-refractivity contribution in [3.63, 3.8) is 0 Å². The third-order valence-corrected chi connectivity index (χ3v) is 5.21. The van der Waals surface area contributed by atoms with Gasteiger partial charge in [-0.1, -0.05) is 23.7 Å². The van der Waals surface area contributed by atoms with E-state index in [1.807, 2.05) is 0 Å². The highest BCUT2D eigenvalue weighted by Crippen LogP contribution is 2.26. The first kappa shape index (κ1) is 21.3. The van der Waals surface area contributed by atoms with E-state index in [4.69, 9.17) is 11.6 Å². The minimum atomic E-state index is -0.668. The summed E-state index contributed by atoms with van der Waals surface area (Å²) in [6.07, 6.45) is 2.45. The molecule has 0 aliphatic heterocycles. The zero-order valence-electron chi connectivity index (χ0n) is 17.2. The highest BCUT2D eigenvalue weighted by atomic mass is 35.5. The molecular weight excluding hydrogens is 435 g/mol. The highest BCUT2D eigenvalue weighted by Gasteiger charge is 2.20.